The van der Waals surface area contributed by atoms with Gasteiger partial charge >= 0.3 is 0 Å². The zero-order valence-corrected chi connectivity index (χ0v) is 19.9. The Kier molecular flexibility index (Phi) is 6.55. The number of hydrogen-bond acceptors (Lipinski definition) is 7. The summed E-state index contributed by atoms with van der Waals surface area (Å²) in [5, 5.41) is 9.47. The van der Waals surface area contributed by atoms with E-state index in [0.717, 1.165) is 47.7 Å². The Morgan fingerprint density at radius 2 is 1.91 bits per heavy atom. The molecule has 1 amide bonds. The number of benzene rings is 2. The third-order valence-electron chi connectivity index (χ3n) is 5.97. The van der Waals surface area contributed by atoms with E-state index in [1.165, 1.54) is 4.68 Å². The van der Waals surface area contributed by atoms with Crippen LogP contribution in [0.4, 0.5) is 10.8 Å². The largest absolute Gasteiger partial charge is 0.378 e. The molecule has 1 saturated heterocycles. The molecule has 4 aromatic rings. The smallest absolute Gasteiger partial charge is 0.276 e. The summed E-state index contributed by atoms with van der Waals surface area (Å²) in [7, 11) is 0. The van der Waals surface area contributed by atoms with Crippen LogP contribution in [-0.2, 0) is 11.3 Å². The molecule has 176 valence electrons. The molecule has 0 spiro atoms. The summed E-state index contributed by atoms with van der Waals surface area (Å²) in [5.74, 6) is -0.335. The van der Waals surface area contributed by atoms with Crippen LogP contribution in [0.2, 0.25) is 0 Å². The minimum absolute atomic E-state index is 0.162. The van der Waals surface area contributed by atoms with Crippen molar-refractivity contribution < 1.29 is 9.53 Å². The number of amides is 1. The molecule has 3 heterocycles. The van der Waals surface area contributed by atoms with Crippen molar-refractivity contribution in [2.24, 2.45) is 0 Å². The number of hydrogen-bond donors (Lipinski definition) is 1. The third kappa shape index (κ3) is 4.53. The van der Waals surface area contributed by atoms with E-state index in [1.807, 2.05) is 30.3 Å². The molecule has 8 nitrogen and oxygen atoms in total. The standard InChI is InChI=1S/C25H27N5O3S/c1-2-3-6-11-30-24(32)19-8-5-4-7-18(19)22(28-30)23(31)26-17-9-10-20-21(16-17)34-25(27-20)29-12-14-33-15-13-29/h4-5,7-10,16H,2-3,6,11-15H2,1H3,(H,26,31). The van der Waals surface area contributed by atoms with Gasteiger partial charge in [0.25, 0.3) is 11.5 Å². The van der Waals surface area contributed by atoms with Crippen LogP contribution in [0.1, 0.15) is 36.7 Å². The number of fused-ring (bicyclic) bond motifs is 2. The molecule has 1 aliphatic rings. The minimum atomic E-state index is -0.335. The van der Waals surface area contributed by atoms with Gasteiger partial charge in [0.15, 0.2) is 10.8 Å². The summed E-state index contributed by atoms with van der Waals surface area (Å²) < 4.78 is 7.86. The summed E-state index contributed by atoms with van der Waals surface area (Å²) in [6, 6.07) is 12.9. The molecule has 2 aromatic heterocycles. The number of rotatable bonds is 7. The van der Waals surface area contributed by atoms with E-state index < -0.39 is 0 Å². The van der Waals surface area contributed by atoms with Gasteiger partial charge in [0, 0.05) is 30.7 Å². The molecule has 5 rings (SSSR count). The quantitative estimate of drug-likeness (QED) is 0.400. The summed E-state index contributed by atoms with van der Waals surface area (Å²) in [5.41, 5.74) is 1.66. The van der Waals surface area contributed by atoms with Crippen LogP contribution in [0, 0.1) is 0 Å². The molecule has 34 heavy (non-hydrogen) atoms. The SMILES string of the molecule is CCCCCn1nc(C(=O)Nc2ccc3nc(N4CCOCC4)sc3c2)c2ccccc2c1=O. The maximum Gasteiger partial charge on any atom is 0.276 e. The second kappa shape index (κ2) is 9.90. The molecule has 2 aromatic carbocycles. The van der Waals surface area contributed by atoms with Crippen LogP contribution in [-0.4, -0.2) is 47.0 Å². The highest BCUT2D eigenvalue weighted by Gasteiger charge is 2.18. The first-order valence-corrected chi connectivity index (χ1v) is 12.5. The van der Waals surface area contributed by atoms with Gasteiger partial charge in [0.2, 0.25) is 0 Å². The van der Waals surface area contributed by atoms with Gasteiger partial charge in [-0.1, -0.05) is 49.3 Å². The van der Waals surface area contributed by atoms with Gasteiger partial charge < -0.3 is 15.0 Å². The first-order valence-electron chi connectivity index (χ1n) is 11.7. The number of carbonyl (C=O) groups is 1. The third-order valence-corrected chi connectivity index (χ3v) is 7.05. The van der Waals surface area contributed by atoms with E-state index in [2.05, 4.69) is 22.2 Å². The molecular weight excluding hydrogens is 450 g/mol. The van der Waals surface area contributed by atoms with Gasteiger partial charge in [-0.2, -0.15) is 5.10 Å². The molecule has 0 bridgehead atoms. The second-order valence-corrected chi connectivity index (χ2v) is 9.37. The maximum atomic E-state index is 13.3. The molecule has 1 aliphatic heterocycles. The van der Waals surface area contributed by atoms with Crippen molar-refractivity contribution in [1.82, 2.24) is 14.8 Å². The highest BCUT2D eigenvalue weighted by molar-refractivity contribution is 7.22. The first kappa shape index (κ1) is 22.5. The van der Waals surface area contributed by atoms with E-state index in [9.17, 15) is 9.59 Å². The van der Waals surface area contributed by atoms with Gasteiger partial charge in [0.1, 0.15) is 0 Å². The number of unbranched alkanes of at least 4 members (excludes halogenated alkanes) is 2. The maximum absolute atomic E-state index is 13.3. The number of aromatic nitrogens is 3. The molecule has 0 aliphatic carbocycles. The molecule has 1 fully saturated rings. The lowest BCUT2D eigenvalue weighted by molar-refractivity contribution is 0.102. The summed E-state index contributed by atoms with van der Waals surface area (Å²) >= 11 is 1.61. The van der Waals surface area contributed by atoms with Crippen LogP contribution < -0.4 is 15.8 Å². The molecule has 1 N–H and O–H groups in total. The van der Waals surface area contributed by atoms with E-state index in [1.54, 1.807) is 23.5 Å². The zero-order chi connectivity index (χ0) is 23.5. The van der Waals surface area contributed by atoms with Crippen LogP contribution >= 0.6 is 11.3 Å². The monoisotopic (exact) mass is 477 g/mol. The van der Waals surface area contributed by atoms with Crippen molar-refractivity contribution >= 4 is 49.1 Å². The Morgan fingerprint density at radius 1 is 1.12 bits per heavy atom. The van der Waals surface area contributed by atoms with Gasteiger partial charge in [-0.3, -0.25) is 9.59 Å². The number of nitrogens with one attached hydrogen (secondary N) is 1. The lowest BCUT2D eigenvalue weighted by Gasteiger charge is -2.25. The Balaban J connectivity index is 1.43. The van der Waals surface area contributed by atoms with Gasteiger partial charge in [-0.15, -0.1) is 0 Å². The Morgan fingerprint density at radius 3 is 2.71 bits per heavy atom. The minimum Gasteiger partial charge on any atom is -0.378 e. The number of aryl methyl sites for hydroxylation is 1. The number of carbonyl (C=O) groups excluding carboxylic acids is 1. The van der Waals surface area contributed by atoms with Crippen LogP contribution in [0.15, 0.2) is 47.3 Å². The lowest BCUT2D eigenvalue weighted by atomic mass is 10.1. The van der Waals surface area contributed by atoms with E-state index in [0.29, 0.717) is 36.2 Å². The molecule has 0 radical (unpaired) electrons. The Hall–Kier alpha value is -3.30. The fourth-order valence-corrected chi connectivity index (χ4v) is 5.19. The van der Waals surface area contributed by atoms with Crippen molar-refractivity contribution in [2.45, 2.75) is 32.7 Å². The summed E-state index contributed by atoms with van der Waals surface area (Å²) in [6.07, 6.45) is 2.89. The average molecular weight is 478 g/mol. The predicted molar refractivity (Wildman–Crippen MR) is 136 cm³/mol. The molecule has 9 heteroatoms. The van der Waals surface area contributed by atoms with Crippen molar-refractivity contribution in [3.8, 4) is 0 Å². The van der Waals surface area contributed by atoms with E-state index in [4.69, 9.17) is 9.72 Å². The summed E-state index contributed by atoms with van der Waals surface area (Å²) in [6.45, 7) is 5.68. The Bertz CT molecular complexity index is 1390. The van der Waals surface area contributed by atoms with Gasteiger partial charge in [-0.05, 0) is 30.7 Å². The molecule has 0 unspecified atom stereocenters. The second-order valence-electron chi connectivity index (χ2n) is 8.36. The lowest BCUT2D eigenvalue weighted by Crippen LogP contribution is -2.36. The number of morpholine rings is 1. The van der Waals surface area contributed by atoms with Crippen molar-refractivity contribution in [3.05, 3.63) is 58.5 Å². The Labute approximate surface area is 201 Å². The fraction of sp³-hybridized carbons (Fsp3) is 0.360. The predicted octanol–water partition coefficient (Wildman–Crippen LogP) is 4.29. The van der Waals surface area contributed by atoms with Crippen LogP contribution in [0.5, 0.6) is 0 Å². The number of anilines is 2. The summed E-state index contributed by atoms with van der Waals surface area (Å²) in [4.78, 5) is 33.1. The number of ether oxygens (including phenoxy) is 1. The van der Waals surface area contributed by atoms with Crippen molar-refractivity contribution in [1.29, 1.82) is 0 Å². The zero-order valence-electron chi connectivity index (χ0n) is 19.1. The topological polar surface area (TPSA) is 89.3 Å². The number of thiazole rings is 1. The van der Waals surface area contributed by atoms with Crippen molar-refractivity contribution in [3.63, 3.8) is 0 Å². The highest BCUT2D eigenvalue weighted by atomic mass is 32.1. The average Bonchev–Trinajstić information content (AvgIpc) is 3.30. The van der Waals surface area contributed by atoms with E-state index in [-0.39, 0.29) is 17.2 Å². The molecular formula is C25H27N5O3S. The van der Waals surface area contributed by atoms with Crippen molar-refractivity contribution in [2.75, 3.05) is 36.5 Å². The van der Waals surface area contributed by atoms with Gasteiger partial charge in [-0.25, -0.2) is 9.67 Å². The highest BCUT2D eigenvalue weighted by Crippen LogP contribution is 2.31. The first-order chi connectivity index (χ1) is 16.6. The van der Waals surface area contributed by atoms with Gasteiger partial charge in [0.05, 0.1) is 28.8 Å². The normalized spacial score (nSPS) is 14.1. The fourth-order valence-electron chi connectivity index (χ4n) is 4.14. The molecule has 0 saturated carbocycles. The van der Waals surface area contributed by atoms with Crippen LogP contribution in [0.25, 0.3) is 21.0 Å². The van der Waals surface area contributed by atoms with Crippen LogP contribution in [0.3, 0.4) is 0 Å². The van der Waals surface area contributed by atoms with E-state index >= 15 is 0 Å². The molecule has 0 atom stereocenters. The number of nitrogens with zero attached hydrogens (tertiary/aromatic N) is 4.